The van der Waals surface area contributed by atoms with Crippen molar-refractivity contribution in [2.24, 2.45) is 0 Å². The number of nitrogens with one attached hydrogen (secondary N) is 1. The summed E-state index contributed by atoms with van der Waals surface area (Å²) in [7, 11) is 0. The van der Waals surface area contributed by atoms with Crippen LogP contribution in [0.25, 0.3) is 0 Å². The van der Waals surface area contributed by atoms with Gasteiger partial charge in [-0.1, -0.05) is 0 Å². The third-order valence-corrected chi connectivity index (χ3v) is 5.58. The zero-order valence-corrected chi connectivity index (χ0v) is 16.5. The first-order chi connectivity index (χ1) is 14.7. The fourth-order valence-electron chi connectivity index (χ4n) is 3.87. The van der Waals surface area contributed by atoms with Crippen molar-refractivity contribution in [3.63, 3.8) is 0 Å². The van der Waals surface area contributed by atoms with Crippen LogP contribution in [0, 0.1) is 17.5 Å². The van der Waals surface area contributed by atoms with Gasteiger partial charge in [-0.2, -0.15) is 0 Å². The second kappa shape index (κ2) is 7.64. The molecule has 1 atom stereocenters. The summed E-state index contributed by atoms with van der Waals surface area (Å²) in [5.41, 5.74) is -2.39. The summed E-state index contributed by atoms with van der Waals surface area (Å²) in [6, 6.07) is 0.905. The van der Waals surface area contributed by atoms with Crippen LogP contribution in [-0.2, 0) is 6.54 Å². The van der Waals surface area contributed by atoms with Crippen LogP contribution in [-0.4, -0.2) is 45.8 Å². The highest BCUT2D eigenvalue weighted by atomic mass is 19.1. The Hall–Kier alpha value is -3.50. The molecule has 1 fully saturated rings. The largest absolute Gasteiger partial charge is 0.502 e. The van der Waals surface area contributed by atoms with Crippen LogP contribution in [0.2, 0.25) is 0 Å². The average molecular weight is 436 g/mol. The molecule has 3 heterocycles. The average Bonchev–Trinajstić information content (AvgIpc) is 2.87. The van der Waals surface area contributed by atoms with Gasteiger partial charge in [0.25, 0.3) is 11.8 Å². The number of hydrogen-bond acceptors (Lipinski definition) is 5. The van der Waals surface area contributed by atoms with Gasteiger partial charge in [-0.05, 0) is 19.8 Å². The molecule has 2 amide bonds. The van der Waals surface area contributed by atoms with E-state index >= 15 is 0 Å². The summed E-state index contributed by atoms with van der Waals surface area (Å²) in [6.07, 6.45) is 2.63. The molecule has 2 aliphatic rings. The van der Waals surface area contributed by atoms with Gasteiger partial charge in [-0.3, -0.25) is 24.1 Å². The number of carbonyl (C=O) groups excluding carboxylic acids is 2. The number of aromatic hydroxyl groups is 1. The lowest BCUT2D eigenvalue weighted by molar-refractivity contribution is 0.0696. The molecule has 0 unspecified atom stereocenters. The molecule has 2 aliphatic heterocycles. The van der Waals surface area contributed by atoms with Crippen molar-refractivity contribution in [3.8, 4) is 5.75 Å². The zero-order valence-electron chi connectivity index (χ0n) is 16.5. The topological polar surface area (TPSA) is 94.9 Å². The molecule has 2 aromatic rings. The molecule has 8 nitrogen and oxygen atoms in total. The number of fused-ring (bicyclic) bond motifs is 4. The first-order valence-electron chi connectivity index (χ1n) is 9.65. The number of hydrogen-bond donors (Lipinski definition) is 2. The maximum Gasteiger partial charge on any atom is 0.277 e. The van der Waals surface area contributed by atoms with Crippen LogP contribution in [0.4, 0.5) is 13.2 Å². The Morgan fingerprint density at radius 2 is 1.90 bits per heavy atom. The van der Waals surface area contributed by atoms with E-state index in [9.17, 15) is 32.7 Å². The van der Waals surface area contributed by atoms with Gasteiger partial charge in [0.05, 0.1) is 0 Å². The molecule has 4 rings (SSSR count). The van der Waals surface area contributed by atoms with Crippen molar-refractivity contribution in [2.45, 2.75) is 32.4 Å². The van der Waals surface area contributed by atoms with Gasteiger partial charge in [0.1, 0.15) is 29.7 Å². The summed E-state index contributed by atoms with van der Waals surface area (Å²) in [4.78, 5) is 39.4. The highest BCUT2D eigenvalue weighted by Gasteiger charge is 2.37. The van der Waals surface area contributed by atoms with E-state index < -0.39 is 58.1 Å². The lowest BCUT2D eigenvalue weighted by Crippen LogP contribution is -2.55. The van der Waals surface area contributed by atoms with Crippen LogP contribution in [0.1, 0.15) is 46.2 Å². The summed E-state index contributed by atoms with van der Waals surface area (Å²) in [5.74, 6) is -5.88. The number of halogens is 3. The molecular formula is C20H19F3N4O4. The summed E-state index contributed by atoms with van der Waals surface area (Å²) in [5, 5.41) is 14.4. The Bertz CT molecular complexity index is 1130. The SMILES string of the molecule is C[C@@H]1CCCN2CN1n1cc(C(=O)NCc3c(F)cc(F)cc3F)c(=O)c(O)c1C2=O. The molecule has 0 radical (unpaired) electrons. The molecule has 2 N–H and O–H groups in total. The quantitative estimate of drug-likeness (QED) is 0.759. The van der Waals surface area contributed by atoms with Crippen molar-refractivity contribution in [1.82, 2.24) is 14.9 Å². The summed E-state index contributed by atoms with van der Waals surface area (Å²) < 4.78 is 42.0. The second-order valence-corrected chi connectivity index (χ2v) is 7.59. The van der Waals surface area contributed by atoms with Crippen molar-refractivity contribution in [1.29, 1.82) is 0 Å². The van der Waals surface area contributed by atoms with E-state index in [1.807, 2.05) is 6.92 Å². The molecule has 2 bridgehead atoms. The maximum atomic E-state index is 13.8. The molecule has 164 valence electrons. The lowest BCUT2D eigenvalue weighted by atomic mass is 10.1. The molecule has 31 heavy (non-hydrogen) atoms. The van der Waals surface area contributed by atoms with Crippen LogP contribution in [0.5, 0.6) is 5.75 Å². The molecule has 0 saturated carbocycles. The van der Waals surface area contributed by atoms with Crippen molar-refractivity contribution >= 4 is 11.8 Å². The number of pyridine rings is 1. The molecule has 11 heteroatoms. The molecule has 0 aliphatic carbocycles. The van der Waals surface area contributed by atoms with E-state index in [4.69, 9.17) is 0 Å². The maximum absolute atomic E-state index is 13.8. The van der Waals surface area contributed by atoms with Crippen LogP contribution < -0.4 is 15.8 Å². The Labute approximate surface area is 174 Å². The summed E-state index contributed by atoms with van der Waals surface area (Å²) >= 11 is 0. The number of rotatable bonds is 3. The second-order valence-electron chi connectivity index (χ2n) is 7.59. The Morgan fingerprint density at radius 1 is 1.23 bits per heavy atom. The number of amides is 2. The van der Waals surface area contributed by atoms with E-state index in [1.54, 1.807) is 5.01 Å². The van der Waals surface area contributed by atoms with E-state index in [0.717, 1.165) is 19.0 Å². The lowest BCUT2D eigenvalue weighted by Gasteiger charge is -2.40. The van der Waals surface area contributed by atoms with Gasteiger partial charge in [-0.25, -0.2) is 13.2 Å². The fraction of sp³-hybridized carbons (Fsp3) is 0.350. The predicted molar refractivity (Wildman–Crippen MR) is 103 cm³/mol. The smallest absolute Gasteiger partial charge is 0.277 e. The van der Waals surface area contributed by atoms with Gasteiger partial charge >= 0.3 is 0 Å². The van der Waals surface area contributed by atoms with Crippen molar-refractivity contribution in [2.75, 3.05) is 18.2 Å². The van der Waals surface area contributed by atoms with Gasteiger partial charge < -0.3 is 15.3 Å². The number of carbonyl (C=O) groups is 2. The van der Waals surface area contributed by atoms with Gasteiger partial charge in [0, 0.05) is 43.0 Å². The molecule has 1 saturated heterocycles. The Morgan fingerprint density at radius 3 is 2.58 bits per heavy atom. The standard InChI is InChI=1S/C20H19F3N4O4/c1-10-3-2-4-25-9-27(10)26-8-13(17(28)18(29)16(26)20(25)31)19(30)24-7-12-14(22)5-11(21)6-15(12)23/h5-6,8,10,29H,2-4,7,9H2,1H3,(H,24,30)/t10-/m1/s1. The van der Waals surface area contributed by atoms with Crippen molar-refractivity contribution < 1.29 is 27.9 Å². The Kier molecular flexibility index (Phi) is 5.11. The highest BCUT2D eigenvalue weighted by molar-refractivity contribution is 5.99. The predicted octanol–water partition coefficient (Wildman–Crippen LogP) is 1.43. The number of benzene rings is 1. The van der Waals surface area contributed by atoms with Gasteiger partial charge in [0.15, 0.2) is 11.4 Å². The van der Waals surface area contributed by atoms with Crippen molar-refractivity contribution in [3.05, 3.63) is 62.8 Å². The Balaban J connectivity index is 1.69. The van der Waals surface area contributed by atoms with Crippen LogP contribution in [0.3, 0.4) is 0 Å². The highest BCUT2D eigenvalue weighted by Crippen LogP contribution is 2.26. The number of nitrogens with zero attached hydrogens (tertiary/aromatic N) is 3. The van der Waals surface area contributed by atoms with E-state index in [2.05, 4.69) is 5.32 Å². The molecule has 1 aromatic carbocycles. The molecular weight excluding hydrogens is 417 g/mol. The van der Waals surface area contributed by atoms with Crippen LogP contribution in [0.15, 0.2) is 23.1 Å². The third kappa shape index (κ3) is 3.49. The van der Waals surface area contributed by atoms with Crippen LogP contribution >= 0.6 is 0 Å². The molecule has 0 spiro atoms. The molecule has 1 aromatic heterocycles. The third-order valence-electron chi connectivity index (χ3n) is 5.58. The normalized spacial score (nSPS) is 17.9. The zero-order chi connectivity index (χ0) is 22.4. The minimum absolute atomic E-state index is 0.0444. The minimum Gasteiger partial charge on any atom is -0.502 e. The minimum atomic E-state index is -1.19. The monoisotopic (exact) mass is 436 g/mol. The summed E-state index contributed by atoms with van der Waals surface area (Å²) in [6.45, 7) is 1.97. The number of aromatic nitrogens is 1. The first-order valence-corrected chi connectivity index (χ1v) is 9.65. The van der Waals surface area contributed by atoms with Gasteiger partial charge in [0.2, 0.25) is 5.43 Å². The van der Waals surface area contributed by atoms with E-state index in [0.29, 0.717) is 18.7 Å². The fourth-order valence-corrected chi connectivity index (χ4v) is 3.87. The van der Waals surface area contributed by atoms with E-state index in [-0.39, 0.29) is 18.4 Å². The first kappa shape index (κ1) is 20.8. The van der Waals surface area contributed by atoms with E-state index in [1.165, 1.54) is 9.58 Å². The van der Waals surface area contributed by atoms with Gasteiger partial charge in [-0.15, -0.1) is 0 Å².